The third-order valence-electron chi connectivity index (χ3n) is 6.42. The van der Waals surface area contributed by atoms with Crippen molar-refractivity contribution in [1.82, 2.24) is 14.7 Å². The average molecular weight is 426 g/mol. The molecule has 161 valence electrons. The summed E-state index contributed by atoms with van der Waals surface area (Å²) in [6.07, 6.45) is 6.77. The maximum Gasteiger partial charge on any atom is 0.162 e. The molecule has 3 aliphatic rings. The van der Waals surface area contributed by atoms with Crippen LogP contribution in [0.15, 0.2) is 54.7 Å². The SMILES string of the molecule is CCC(=O)c1cc2c(c3c1[CH]3)C(N1CCOCC1)=CC(n1ccc(-c3ccccc3)n1)N2. The molecular weight excluding hydrogens is 400 g/mol. The van der Waals surface area contributed by atoms with Crippen LogP contribution in [0.2, 0.25) is 0 Å². The number of nitrogens with zero attached hydrogens (tertiary/aromatic N) is 3. The maximum atomic E-state index is 12.5. The second-order valence-electron chi connectivity index (χ2n) is 8.38. The number of morpholine rings is 1. The molecule has 1 aromatic heterocycles. The van der Waals surface area contributed by atoms with E-state index in [0.717, 1.165) is 54.4 Å². The van der Waals surface area contributed by atoms with Crippen LogP contribution in [0.3, 0.4) is 0 Å². The van der Waals surface area contributed by atoms with E-state index in [9.17, 15) is 4.79 Å². The smallest absolute Gasteiger partial charge is 0.162 e. The Morgan fingerprint density at radius 3 is 2.75 bits per heavy atom. The molecule has 2 aromatic carbocycles. The standard InChI is InChI=1S/C26H25N4O2/c1-2-24(31)19-15-22-26(20-14-18(19)20)23(29-10-12-32-13-11-29)16-25(27-22)30-9-8-21(28-30)17-6-4-3-5-7-17/h3-9,14-16,25,27H,2,10-13H2,1H3. The van der Waals surface area contributed by atoms with Crippen LogP contribution >= 0.6 is 0 Å². The van der Waals surface area contributed by atoms with Crippen LogP contribution < -0.4 is 5.32 Å². The highest BCUT2D eigenvalue weighted by molar-refractivity contribution is 6.04. The number of anilines is 1. The maximum absolute atomic E-state index is 12.5. The van der Waals surface area contributed by atoms with Crippen molar-refractivity contribution in [3.05, 3.63) is 83.4 Å². The van der Waals surface area contributed by atoms with Gasteiger partial charge in [-0.1, -0.05) is 37.3 Å². The number of rotatable bonds is 5. The Kier molecular flexibility index (Phi) is 4.61. The topological polar surface area (TPSA) is 59.4 Å². The van der Waals surface area contributed by atoms with Crippen LogP contribution in [0.1, 0.15) is 46.6 Å². The highest BCUT2D eigenvalue weighted by Gasteiger charge is 2.36. The summed E-state index contributed by atoms with van der Waals surface area (Å²) < 4.78 is 7.56. The van der Waals surface area contributed by atoms with Gasteiger partial charge in [-0.15, -0.1) is 0 Å². The van der Waals surface area contributed by atoms with Gasteiger partial charge in [0.25, 0.3) is 0 Å². The van der Waals surface area contributed by atoms with Crippen molar-refractivity contribution in [2.75, 3.05) is 31.6 Å². The molecule has 1 atom stereocenters. The van der Waals surface area contributed by atoms with E-state index in [1.165, 1.54) is 16.8 Å². The molecule has 6 nitrogen and oxygen atoms in total. The van der Waals surface area contributed by atoms with Crippen molar-refractivity contribution < 1.29 is 9.53 Å². The fourth-order valence-corrected chi connectivity index (χ4v) is 4.69. The third-order valence-corrected chi connectivity index (χ3v) is 6.42. The largest absolute Gasteiger partial charge is 0.378 e. The summed E-state index contributed by atoms with van der Waals surface area (Å²) in [5.74, 6) is 0.184. The Bertz CT molecular complexity index is 1220. The molecule has 6 rings (SSSR count). The van der Waals surface area contributed by atoms with Crippen LogP contribution in [-0.2, 0) is 4.74 Å². The van der Waals surface area contributed by atoms with E-state index in [2.05, 4.69) is 34.8 Å². The number of fused-ring (bicyclic) bond motifs is 3. The molecule has 32 heavy (non-hydrogen) atoms. The lowest BCUT2D eigenvalue weighted by Gasteiger charge is -2.36. The first-order valence-electron chi connectivity index (χ1n) is 11.2. The first kappa shape index (κ1) is 19.3. The van der Waals surface area contributed by atoms with Gasteiger partial charge in [-0.25, -0.2) is 4.68 Å². The fourth-order valence-electron chi connectivity index (χ4n) is 4.69. The number of hydrogen-bond acceptors (Lipinski definition) is 5. The Labute approximate surface area is 187 Å². The zero-order chi connectivity index (χ0) is 21.7. The molecule has 3 aromatic rings. The van der Waals surface area contributed by atoms with Crippen LogP contribution in [0.5, 0.6) is 0 Å². The summed E-state index contributed by atoms with van der Waals surface area (Å²) in [6, 6.07) is 14.3. The lowest BCUT2D eigenvalue weighted by molar-refractivity contribution is 0.0637. The van der Waals surface area contributed by atoms with Crippen LogP contribution in [0.4, 0.5) is 5.69 Å². The number of carbonyl (C=O) groups is 1. The monoisotopic (exact) mass is 425 g/mol. The molecule has 0 bridgehead atoms. The van der Waals surface area contributed by atoms with Crippen molar-refractivity contribution in [1.29, 1.82) is 0 Å². The average Bonchev–Trinajstić information content (AvgIpc) is 3.50. The fraction of sp³-hybridized carbons (Fsp3) is 0.269. The number of Topliss-reactive ketones (excluding diaryl/α,β-unsaturated/α-hetero) is 1. The summed E-state index contributed by atoms with van der Waals surface area (Å²) in [5.41, 5.74) is 8.53. The van der Waals surface area contributed by atoms with E-state index in [0.29, 0.717) is 6.42 Å². The van der Waals surface area contributed by atoms with Crippen molar-refractivity contribution in [2.24, 2.45) is 0 Å². The number of ketones is 1. The first-order chi connectivity index (χ1) is 15.7. The van der Waals surface area contributed by atoms with Crippen LogP contribution in [-0.4, -0.2) is 46.8 Å². The Morgan fingerprint density at radius 1 is 1.16 bits per heavy atom. The molecule has 0 saturated carbocycles. The lowest BCUT2D eigenvalue weighted by Crippen LogP contribution is -2.37. The highest BCUT2D eigenvalue weighted by atomic mass is 16.5. The van der Waals surface area contributed by atoms with E-state index in [4.69, 9.17) is 9.84 Å². The van der Waals surface area contributed by atoms with Gasteiger partial charge < -0.3 is 15.0 Å². The zero-order valence-electron chi connectivity index (χ0n) is 18.0. The quantitative estimate of drug-likeness (QED) is 0.482. The second-order valence-corrected chi connectivity index (χ2v) is 8.38. The van der Waals surface area contributed by atoms with E-state index < -0.39 is 0 Å². The van der Waals surface area contributed by atoms with Gasteiger partial charge >= 0.3 is 0 Å². The van der Waals surface area contributed by atoms with Crippen LogP contribution in [0, 0.1) is 6.42 Å². The number of carbonyl (C=O) groups excluding carboxylic acids is 1. The van der Waals surface area contributed by atoms with Gasteiger partial charge in [0.1, 0.15) is 6.17 Å². The predicted molar refractivity (Wildman–Crippen MR) is 124 cm³/mol. The minimum Gasteiger partial charge on any atom is -0.378 e. The Morgan fingerprint density at radius 2 is 1.97 bits per heavy atom. The molecule has 1 radical (unpaired) electrons. The van der Waals surface area contributed by atoms with Gasteiger partial charge in [-0.05, 0) is 29.3 Å². The van der Waals surface area contributed by atoms with Gasteiger partial charge in [-0.2, -0.15) is 5.10 Å². The number of benzene rings is 2. The Balaban J connectivity index is 1.42. The minimum absolute atomic E-state index is 0.140. The molecule has 6 heteroatoms. The summed E-state index contributed by atoms with van der Waals surface area (Å²) in [4.78, 5) is 14.9. The molecule has 1 unspecified atom stereocenters. The third kappa shape index (κ3) is 3.22. The molecule has 1 fully saturated rings. The number of hydrogen-bond donors (Lipinski definition) is 1. The molecule has 3 heterocycles. The normalized spacial score (nSPS) is 19.0. The molecule has 1 aliphatic carbocycles. The van der Waals surface area contributed by atoms with Gasteiger partial charge in [0, 0.05) is 60.2 Å². The van der Waals surface area contributed by atoms with Gasteiger partial charge in [0.05, 0.1) is 18.9 Å². The van der Waals surface area contributed by atoms with Gasteiger partial charge in [0.15, 0.2) is 5.78 Å². The van der Waals surface area contributed by atoms with Gasteiger partial charge in [0.2, 0.25) is 0 Å². The van der Waals surface area contributed by atoms with E-state index in [-0.39, 0.29) is 11.9 Å². The molecule has 1 N–H and O–H groups in total. The summed E-state index contributed by atoms with van der Waals surface area (Å²) in [6.45, 7) is 5.08. The van der Waals surface area contributed by atoms with Crippen molar-refractivity contribution in [2.45, 2.75) is 19.5 Å². The zero-order valence-corrected chi connectivity index (χ0v) is 18.0. The summed E-state index contributed by atoms with van der Waals surface area (Å²) >= 11 is 0. The lowest BCUT2D eigenvalue weighted by atomic mass is 9.98. The Hall–Kier alpha value is -3.38. The van der Waals surface area contributed by atoms with Crippen molar-refractivity contribution in [3.8, 4) is 11.3 Å². The van der Waals surface area contributed by atoms with Gasteiger partial charge in [-0.3, -0.25) is 4.79 Å². The van der Waals surface area contributed by atoms with E-state index >= 15 is 0 Å². The molecular formula is C26H25N4O2. The van der Waals surface area contributed by atoms with E-state index in [1.54, 1.807) is 0 Å². The number of nitrogens with one attached hydrogen (secondary N) is 1. The predicted octanol–water partition coefficient (Wildman–Crippen LogP) is 4.35. The van der Waals surface area contributed by atoms with E-state index in [1.807, 2.05) is 48.1 Å². The highest BCUT2D eigenvalue weighted by Crippen LogP contribution is 2.48. The van der Waals surface area contributed by atoms with Crippen LogP contribution in [0.25, 0.3) is 17.0 Å². The second kappa shape index (κ2) is 7.64. The first-order valence-corrected chi connectivity index (χ1v) is 11.2. The molecule has 2 aliphatic heterocycles. The number of aromatic nitrogens is 2. The summed E-state index contributed by atoms with van der Waals surface area (Å²) in [7, 11) is 0. The van der Waals surface area contributed by atoms with Crippen molar-refractivity contribution >= 4 is 17.2 Å². The minimum atomic E-state index is -0.140. The summed E-state index contributed by atoms with van der Waals surface area (Å²) in [5, 5.41) is 8.49. The molecule has 1 saturated heterocycles. The molecule has 0 spiro atoms. The molecule has 0 amide bonds. The number of ether oxygens (including phenoxy) is 1. The van der Waals surface area contributed by atoms with Crippen molar-refractivity contribution in [3.63, 3.8) is 0 Å².